The molecule has 2 heterocycles. The van der Waals surface area contributed by atoms with E-state index in [0.717, 1.165) is 0 Å². The normalized spacial score (nSPS) is 11.8. The second-order valence-electron chi connectivity index (χ2n) is 13.7. The van der Waals surface area contributed by atoms with Crippen LogP contribution in [0.2, 0.25) is 0 Å². The van der Waals surface area contributed by atoms with Gasteiger partial charge in [-0.2, -0.15) is 0 Å². The molecule has 0 atom stereocenters. The van der Waals surface area contributed by atoms with E-state index in [1.807, 2.05) is 0 Å². The molecule has 0 aliphatic heterocycles. The van der Waals surface area contributed by atoms with Gasteiger partial charge in [-0.3, -0.25) is 0 Å². The van der Waals surface area contributed by atoms with Gasteiger partial charge < -0.3 is 9.13 Å². The summed E-state index contributed by atoms with van der Waals surface area (Å²) in [5, 5.41) is 10.1. The maximum absolute atomic E-state index is 2.47. The van der Waals surface area contributed by atoms with E-state index < -0.39 is 0 Å². The fraction of sp³-hybridized carbons (Fsp3) is 0. The van der Waals surface area contributed by atoms with E-state index in [4.69, 9.17) is 0 Å². The van der Waals surface area contributed by atoms with Crippen molar-refractivity contribution in [1.29, 1.82) is 0 Å². The molecule has 0 saturated carbocycles. The van der Waals surface area contributed by atoms with Gasteiger partial charge >= 0.3 is 0 Å². The third kappa shape index (κ3) is 4.31. The van der Waals surface area contributed by atoms with Crippen LogP contribution in [0, 0.1) is 0 Å². The van der Waals surface area contributed by atoms with Crippen LogP contribution in [-0.4, -0.2) is 9.13 Å². The molecule has 2 aromatic heterocycles. The fourth-order valence-electron chi connectivity index (χ4n) is 8.49. The second-order valence-corrected chi connectivity index (χ2v) is 13.7. The van der Waals surface area contributed by atoms with Crippen LogP contribution in [0.3, 0.4) is 0 Å². The Bertz CT molecular complexity index is 3160. The Balaban J connectivity index is 1.04. The number of hydrogen-bond donors (Lipinski definition) is 0. The molecule has 0 bridgehead atoms. The summed E-state index contributed by atoms with van der Waals surface area (Å²) in [5.41, 5.74) is 12.1. The van der Waals surface area contributed by atoms with Crippen LogP contribution in [0.25, 0.3) is 98.8 Å². The van der Waals surface area contributed by atoms with Crippen LogP contribution in [0.4, 0.5) is 0 Å². The first-order chi connectivity index (χ1) is 25.8. The molecule has 11 aromatic rings. The predicted molar refractivity (Wildman–Crippen MR) is 221 cm³/mol. The highest BCUT2D eigenvalue weighted by molar-refractivity contribution is 6.15. The van der Waals surface area contributed by atoms with Crippen molar-refractivity contribution in [2.24, 2.45) is 0 Å². The first-order valence-electron chi connectivity index (χ1n) is 17.9. The van der Waals surface area contributed by atoms with Gasteiger partial charge in [-0.05, 0) is 86.9 Å². The Labute approximate surface area is 301 Å². The van der Waals surface area contributed by atoms with E-state index in [1.165, 1.54) is 98.8 Å². The highest BCUT2D eigenvalue weighted by Crippen LogP contribution is 2.40. The molecule has 0 fully saturated rings. The summed E-state index contributed by atoms with van der Waals surface area (Å²) in [5.74, 6) is 0. The average molecular weight is 661 g/mol. The van der Waals surface area contributed by atoms with Gasteiger partial charge in [0.25, 0.3) is 0 Å². The number of fused-ring (bicyclic) bond motifs is 9. The Morgan fingerprint density at radius 3 is 1.50 bits per heavy atom. The van der Waals surface area contributed by atoms with E-state index in [0.29, 0.717) is 0 Å². The monoisotopic (exact) mass is 660 g/mol. The number of rotatable bonds is 4. The maximum Gasteiger partial charge on any atom is 0.0547 e. The summed E-state index contributed by atoms with van der Waals surface area (Å²) >= 11 is 0. The summed E-state index contributed by atoms with van der Waals surface area (Å²) in [4.78, 5) is 0. The molecule has 0 unspecified atom stereocenters. The summed E-state index contributed by atoms with van der Waals surface area (Å²) < 4.78 is 4.84. The van der Waals surface area contributed by atoms with Crippen LogP contribution in [0.1, 0.15) is 0 Å². The number of aromatic nitrogens is 2. The van der Waals surface area contributed by atoms with Crippen LogP contribution in [0.15, 0.2) is 194 Å². The quantitative estimate of drug-likeness (QED) is 0.166. The number of hydrogen-bond acceptors (Lipinski definition) is 0. The number of para-hydroxylation sites is 3. The van der Waals surface area contributed by atoms with Crippen LogP contribution < -0.4 is 0 Å². The fourth-order valence-corrected chi connectivity index (χ4v) is 8.49. The molecule has 2 heteroatoms. The Morgan fingerprint density at radius 2 is 0.750 bits per heavy atom. The smallest absolute Gasteiger partial charge is 0.0547 e. The van der Waals surface area contributed by atoms with Crippen molar-refractivity contribution in [1.82, 2.24) is 9.13 Å². The Kier molecular flexibility index (Phi) is 6.28. The summed E-state index contributed by atoms with van der Waals surface area (Å²) in [7, 11) is 0. The van der Waals surface area contributed by atoms with Gasteiger partial charge in [-0.1, -0.05) is 146 Å². The zero-order valence-electron chi connectivity index (χ0n) is 28.4. The molecule has 0 amide bonds. The van der Waals surface area contributed by atoms with Crippen molar-refractivity contribution in [3.8, 4) is 33.6 Å². The highest BCUT2D eigenvalue weighted by Gasteiger charge is 2.17. The standard InChI is InChI=1S/C50H32N2/c1-2-13-38(14-3-1)51-46-20-10-9-19-43(46)45-30-35(27-29-48(45)51)33-22-24-34(25-23-33)36-26-28-44-42-18-8-11-21-47(42)52(49(44)31-36)50-32-37-12-4-5-15-39(37)40-16-6-7-17-41(40)50/h1-32H. The molecule has 0 aliphatic rings. The van der Waals surface area contributed by atoms with Crippen molar-refractivity contribution >= 4 is 65.2 Å². The molecular weight excluding hydrogens is 629 g/mol. The zero-order chi connectivity index (χ0) is 34.2. The topological polar surface area (TPSA) is 9.86 Å². The molecule has 52 heavy (non-hydrogen) atoms. The molecular formula is C50H32N2. The predicted octanol–water partition coefficient (Wildman–Crippen LogP) is 13.5. The lowest BCUT2D eigenvalue weighted by molar-refractivity contribution is 1.18. The minimum Gasteiger partial charge on any atom is -0.309 e. The minimum atomic E-state index is 1.18. The molecule has 242 valence electrons. The van der Waals surface area contributed by atoms with Crippen molar-refractivity contribution in [3.05, 3.63) is 194 Å². The van der Waals surface area contributed by atoms with Crippen LogP contribution in [-0.2, 0) is 0 Å². The number of nitrogens with zero attached hydrogens (tertiary/aromatic N) is 2. The number of benzene rings is 9. The Morgan fingerprint density at radius 1 is 0.250 bits per heavy atom. The van der Waals surface area contributed by atoms with E-state index in [2.05, 4.69) is 203 Å². The molecule has 0 radical (unpaired) electrons. The van der Waals surface area contributed by atoms with Crippen molar-refractivity contribution < 1.29 is 0 Å². The summed E-state index contributed by atoms with van der Waals surface area (Å²) in [6.07, 6.45) is 0. The highest BCUT2D eigenvalue weighted by atomic mass is 15.0. The third-order valence-corrected chi connectivity index (χ3v) is 10.9. The summed E-state index contributed by atoms with van der Waals surface area (Å²) in [6.45, 7) is 0. The maximum atomic E-state index is 2.47. The molecule has 0 saturated heterocycles. The van der Waals surface area contributed by atoms with Gasteiger partial charge in [0.2, 0.25) is 0 Å². The lowest BCUT2D eigenvalue weighted by Crippen LogP contribution is -1.96. The molecule has 11 rings (SSSR count). The van der Waals surface area contributed by atoms with E-state index in [1.54, 1.807) is 0 Å². The van der Waals surface area contributed by atoms with E-state index in [9.17, 15) is 0 Å². The van der Waals surface area contributed by atoms with Crippen molar-refractivity contribution in [2.45, 2.75) is 0 Å². The van der Waals surface area contributed by atoms with Gasteiger partial charge in [0.05, 0.1) is 27.8 Å². The lowest BCUT2D eigenvalue weighted by Gasteiger charge is -2.15. The Hall–Kier alpha value is -6.90. The SMILES string of the molecule is c1ccc(-n2c3ccccc3c3cc(-c4ccc(-c5ccc6c7ccccc7n(-c7cc8ccccc8c8ccccc78)c6c5)cc4)ccc32)cc1. The largest absolute Gasteiger partial charge is 0.309 e. The van der Waals surface area contributed by atoms with Gasteiger partial charge in [0, 0.05) is 32.6 Å². The van der Waals surface area contributed by atoms with Gasteiger partial charge in [0.1, 0.15) is 0 Å². The average Bonchev–Trinajstić information content (AvgIpc) is 3.73. The second kappa shape index (κ2) is 11.3. The minimum absolute atomic E-state index is 1.18. The molecule has 0 aliphatic carbocycles. The van der Waals surface area contributed by atoms with Crippen LogP contribution in [0.5, 0.6) is 0 Å². The third-order valence-electron chi connectivity index (χ3n) is 10.9. The van der Waals surface area contributed by atoms with Gasteiger partial charge in [-0.15, -0.1) is 0 Å². The first kappa shape index (κ1) is 28.9. The molecule has 0 N–H and O–H groups in total. The van der Waals surface area contributed by atoms with Crippen molar-refractivity contribution in [2.75, 3.05) is 0 Å². The van der Waals surface area contributed by atoms with Gasteiger partial charge in [-0.25, -0.2) is 0 Å². The summed E-state index contributed by atoms with van der Waals surface area (Å²) in [6, 6.07) is 71.0. The van der Waals surface area contributed by atoms with Gasteiger partial charge in [0.15, 0.2) is 0 Å². The van der Waals surface area contributed by atoms with Crippen LogP contribution >= 0.6 is 0 Å². The molecule has 9 aromatic carbocycles. The van der Waals surface area contributed by atoms with E-state index in [-0.39, 0.29) is 0 Å². The first-order valence-corrected chi connectivity index (χ1v) is 17.9. The zero-order valence-corrected chi connectivity index (χ0v) is 28.4. The van der Waals surface area contributed by atoms with Crippen molar-refractivity contribution in [3.63, 3.8) is 0 Å². The lowest BCUT2D eigenvalue weighted by atomic mass is 9.98. The molecule has 2 nitrogen and oxygen atoms in total. The molecule has 0 spiro atoms. The van der Waals surface area contributed by atoms with E-state index >= 15 is 0 Å².